The fraction of sp³-hybridized carbons (Fsp3) is 0.227. The largest absolute Gasteiger partial charge is 0.384 e. The molecule has 1 aromatic heterocycles. The molecule has 1 heterocycles. The Morgan fingerprint density at radius 1 is 1.21 bits per heavy atom. The molecule has 33 heavy (non-hydrogen) atoms. The third-order valence-corrected chi connectivity index (χ3v) is 7.08. The maximum absolute atomic E-state index is 13.2. The summed E-state index contributed by atoms with van der Waals surface area (Å²) in [5.41, 5.74) is 7.17. The molecule has 0 unspecified atom stereocenters. The van der Waals surface area contributed by atoms with Crippen LogP contribution in [0.5, 0.6) is 0 Å². The topological polar surface area (TPSA) is 147 Å². The molecule has 0 saturated heterocycles. The molecule has 2 aromatic carbocycles. The zero-order valence-corrected chi connectivity index (χ0v) is 19.6. The van der Waals surface area contributed by atoms with E-state index in [4.69, 9.17) is 15.9 Å². The third kappa shape index (κ3) is 6.68. The van der Waals surface area contributed by atoms with Gasteiger partial charge in [-0.2, -0.15) is 0 Å². The van der Waals surface area contributed by atoms with Gasteiger partial charge >= 0.3 is 0 Å². The van der Waals surface area contributed by atoms with Gasteiger partial charge in [0.25, 0.3) is 5.91 Å². The SMILES string of the molecule is COCCNC(=O)c1cccc(S(=O)(=O)N[C@@H](Cc2cccc(C(=N)N)c2)c2nccs2)c1. The predicted molar refractivity (Wildman–Crippen MR) is 127 cm³/mol. The molecule has 0 aliphatic carbocycles. The molecular weight excluding hydrogens is 462 g/mol. The maximum Gasteiger partial charge on any atom is 0.251 e. The average molecular weight is 488 g/mol. The van der Waals surface area contributed by atoms with E-state index in [1.165, 1.54) is 36.6 Å². The number of rotatable bonds is 11. The van der Waals surface area contributed by atoms with E-state index in [0.29, 0.717) is 30.1 Å². The number of sulfonamides is 1. The summed E-state index contributed by atoms with van der Waals surface area (Å²) in [5, 5.41) is 12.7. The van der Waals surface area contributed by atoms with Gasteiger partial charge in [0.1, 0.15) is 10.8 Å². The highest BCUT2D eigenvalue weighted by Crippen LogP contribution is 2.24. The molecule has 3 rings (SSSR count). The standard InChI is InChI=1S/C22H25N5O4S2/c1-31-10-8-25-21(28)17-6-3-7-18(14-17)33(29,30)27-19(22-26-9-11-32-22)13-15-4-2-5-16(12-15)20(23)24/h2-7,9,11-12,14,19,27H,8,10,13H2,1H3,(H3,23,24)(H,25,28)/t19-/m0/s1. The summed E-state index contributed by atoms with van der Waals surface area (Å²) in [7, 11) is -2.44. The van der Waals surface area contributed by atoms with E-state index in [9.17, 15) is 13.2 Å². The summed E-state index contributed by atoms with van der Waals surface area (Å²) in [5.74, 6) is -0.453. The smallest absolute Gasteiger partial charge is 0.251 e. The zero-order valence-electron chi connectivity index (χ0n) is 17.9. The van der Waals surface area contributed by atoms with Crippen LogP contribution >= 0.6 is 11.3 Å². The molecule has 3 aromatic rings. The van der Waals surface area contributed by atoms with Crippen LogP contribution in [0.1, 0.15) is 32.5 Å². The number of benzene rings is 2. The Morgan fingerprint density at radius 3 is 2.67 bits per heavy atom. The second-order valence-electron chi connectivity index (χ2n) is 7.14. The van der Waals surface area contributed by atoms with Gasteiger partial charge < -0.3 is 15.8 Å². The van der Waals surface area contributed by atoms with Crippen LogP contribution in [-0.2, 0) is 21.2 Å². The number of ether oxygens (including phenoxy) is 1. The molecule has 1 atom stereocenters. The number of nitrogens with one attached hydrogen (secondary N) is 3. The van der Waals surface area contributed by atoms with Gasteiger partial charge in [0.2, 0.25) is 10.0 Å². The Balaban J connectivity index is 1.84. The average Bonchev–Trinajstić information content (AvgIpc) is 3.34. The summed E-state index contributed by atoms with van der Waals surface area (Å²) in [4.78, 5) is 16.6. The van der Waals surface area contributed by atoms with Crippen molar-refractivity contribution in [1.29, 1.82) is 5.41 Å². The summed E-state index contributed by atoms with van der Waals surface area (Å²) in [6.07, 6.45) is 1.92. The van der Waals surface area contributed by atoms with Gasteiger partial charge in [-0.15, -0.1) is 11.3 Å². The first-order valence-corrected chi connectivity index (χ1v) is 12.4. The molecule has 11 heteroatoms. The van der Waals surface area contributed by atoms with Crippen LogP contribution < -0.4 is 15.8 Å². The Bertz CT molecular complexity index is 1210. The Hall–Kier alpha value is -3.12. The van der Waals surface area contributed by atoms with Crippen LogP contribution in [0.3, 0.4) is 0 Å². The summed E-state index contributed by atoms with van der Waals surface area (Å²) in [6.45, 7) is 0.668. The van der Waals surface area contributed by atoms with E-state index < -0.39 is 16.1 Å². The van der Waals surface area contributed by atoms with Crippen molar-refractivity contribution in [3.05, 3.63) is 81.8 Å². The fourth-order valence-corrected chi connectivity index (χ4v) is 5.13. The minimum absolute atomic E-state index is 0.0269. The van der Waals surface area contributed by atoms with Crippen molar-refractivity contribution in [3.8, 4) is 0 Å². The van der Waals surface area contributed by atoms with E-state index in [-0.39, 0.29) is 22.2 Å². The van der Waals surface area contributed by atoms with E-state index in [0.717, 1.165) is 5.56 Å². The van der Waals surface area contributed by atoms with Crippen molar-refractivity contribution in [2.75, 3.05) is 20.3 Å². The Morgan fingerprint density at radius 2 is 1.97 bits per heavy atom. The summed E-state index contributed by atoms with van der Waals surface area (Å²) in [6, 6.07) is 12.3. The van der Waals surface area contributed by atoms with Gasteiger partial charge in [0, 0.05) is 36.4 Å². The molecule has 0 radical (unpaired) electrons. The molecular formula is C22H25N5O4S2. The van der Waals surface area contributed by atoms with Gasteiger partial charge in [0.05, 0.1) is 17.5 Å². The molecule has 9 nitrogen and oxygen atoms in total. The van der Waals surface area contributed by atoms with Gasteiger partial charge in [-0.3, -0.25) is 10.2 Å². The number of hydrogen-bond donors (Lipinski definition) is 4. The van der Waals surface area contributed by atoms with Crippen LogP contribution in [0.4, 0.5) is 0 Å². The molecule has 0 bridgehead atoms. The van der Waals surface area contributed by atoms with Crippen molar-refractivity contribution in [2.24, 2.45) is 5.73 Å². The number of amidine groups is 1. The van der Waals surface area contributed by atoms with Gasteiger partial charge in [0.15, 0.2) is 0 Å². The Kier molecular flexibility index (Phi) is 8.28. The van der Waals surface area contributed by atoms with Crippen LogP contribution in [0.2, 0.25) is 0 Å². The molecule has 0 aliphatic rings. The maximum atomic E-state index is 13.2. The lowest BCUT2D eigenvalue weighted by atomic mass is 10.0. The van der Waals surface area contributed by atoms with E-state index in [2.05, 4.69) is 15.0 Å². The lowest BCUT2D eigenvalue weighted by molar-refractivity contribution is 0.0937. The third-order valence-electron chi connectivity index (χ3n) is 4.72. The van der Waals surface area contributed by atoms with Crippen molar-refractivity contribution in [3.63, 3.8) is 0 Å². The molecule has 5 N–H and O–H groups in total. The molecule has 0 spiro atoms. The number of nitrogens with zero attached hydrogens (tertiary/aromatic N) is 1. The van der Waals surface area contributed by atoms with Gasteiger partial charge in [-0.05, 0) is 36.2 Å². The fourth-order valence-electron chi connectivity index (χ4n) is 3.12. The number of aromatic nitrogens is 1. The van der Waals surface area contributed by atoms with Crippen LogP contribution in [-0.4, -0.2) is 45.4 Å². The number of methoxy groups -OCH3 is 1. The molecule has 174 valence electrons. The number of carbonyl (C=O) groups excluding carboxylic acids is 1. The molecule has 0 saturated carbocycles. The van der Waals surface area contributed by atoms with Crippen LogP contribution in [0.25, 0.3) is 0 Å². The lowest BCUT2D eigenvalue weighted by Crippen LogP contribution is -2.31. The summed E-state index contributed by atoms with van der Waals surface area (Å²) >= 11 is 1.33. The zero-order chi connectivity index (χ0) is 23.8. The first kappa shape index (κ1) is 24.5. The highest BCUT2D eigenvalue weighted by atomic mass is 32.2. The van der Waals surface area contributed by atoms with Crippen molar-refractivity contribution >= 4 is 33.1 Å². The second-order valence-corrected chi connectivity index (χ2v) is 9.78. The lowest BCUT2D eigenvalue weighted by Gasteiger charge is -2.18. The number of carbonyl (C=O) groups is 1. The van der Waals surface area contributed by atoms with Crippen molar-refractivity contribution < 1.29 is 17.9 Å². The highest BCUT2D eigenvalue weighted by molar-refractivity contribution is 7.89. The van der Waals surface area contributed by atoms with E-state index in [1.807, 2.05) is 6.07 Å². The minimum atomic E-state index is -3.97. The van der Waals surface area contributed by atoms with E-state index >= 15 is 0 Å². The number of thiazole rings is 1. The van der Waals surface area contributed by atoms with Gasteiger partial charge in [-0.25, -0.2) is 18.1 Å². The quantitative estimate of drug-likeness (QED) is 0.185. The number of amides is 1. The Labute approximate surface area is 196 Å². The second kappa shape index (κ2) is 11.1. The van der Waals surface area contributed by atoms with Crippen LogP contribution in [0, 0.1) is 5.41 Å². The normalized spacial score (nSPS) is 12.3. The molecule has 0 fully saturated rings. The van der Waals surface area contributed by atoms with Crippen molar-refractivity contribution in [1.82, 2.24) is 15.0 Å². The van der Waals surface area contributed by atoms with Crippen molar-refractivity contribution in [2.45, 2.75) is 17.4 Å². The molecule has 1 amide bonds. The summed E-state index contributed by atoms with van der Waals surface area (Å²) < 4.78 is 34.0. The minimum Gasteiger partial charge on any atom is -0.384 e. The van der Waals surface area contributed by atoms with E-state index in [1.54, 1.807) is 35.8 Å². The number of nitrogens with two attached hydrogens (primary N) is 1. The first-order chi connectivity index (χ1) is 15.8. The van der Waals surface area contributed by atoms with Gasteiger partial charge in [-0.1, -0.05) is 24.3 Å². The first-order valence-electron chi connectivity index (χ1n) is 10.0. The van der Waals surface area contributed by atoms with Crippen LogP contribution in [0.15, 0.2) is 65.0 Å². The number of nitrogen functional groups attached to an aromatic ring is 1. The number of hydrogen-bond acceptors (Lipinski definition) is 7. The monoisotopic (exact) mass is 487 g/mol. The predicted octanol–water partition coefficient (Wildman–Crippen LogP) is 2.07. The highest BCUT2D eigenvalue weighted by Gasteiger charge is 2.24. The molecule has 0 aliphatic heterocycles.